The maximum absolute atomic E-state index is 13.7. The van der Waals surface area contributed by atoms with E-state index in [-0.39, 0.29) is 32.4 Å². The first-order chi connectivity index (χ1) is 11.7. The minimum Gasteiger partial charge on any atom is -0.251 e. The van der Waals surface area contributed by atoms with Crippen LogP contribution in [0.1, 0.15) is 64.2 Å². The molecular formula is C18H38F4Si2. The Balaban J connectivity index is 3.25. The highest BCUT2D eigenvalue weighted by molar-refractivity contribution is 6.42. The highest BCUT2D eigenvalue weighted by atomic mass is 28.2. The van der Waals surface area contributed by atoms with Crippen LogP contribution >= 0.6 is 0 Å². The molecule has 6 heteroatoms. The van der Waals surface area contributed by atoms with Gasteiger partial charge in [-0.2, -0.15) is 0 Å². The summed E-state index contributed by atoms with van der Waals surface area (Å²) in [6.45, 7) is -0.510. The first-order valence-electron chi connectivity index (χ1n) is 10.1. The van der Waals surface area contributed by atoms with Gasteiger partial charge in [0.2, 0.25) is 0 Å². The number of hydrogen-bond acceptors (Lipinski definition) is 0. The third-order valence-electron chi connectivity index (χ3n) is 4.59. The van der Waals surface area contributed by atoms with E-state index in [1.54, 1.807) is 0 Å². The van der Waals surface area contributed by atoms with E-state index < -0.39 is 12.3 Å². The second-order valence-electron chi connectivity index (χ2n) is 6.97. The first kappa shape index (κ1) is 24.2. The van der Waals surface area contributed by atoms with Crippen molar-refractivity contribution in [2.24, 2.45) is 0 Å². The lowest BCUT2D eigenvalue weighted by Crippen LogP contribution is -2.07. The number of halogens is 4. The summed E-state index contributed by atoms with van der Waals surface area (Å²) >= 11 is 0. The van der Waals surface area contributed by atoms with Gasteiger partial charge >= 0.3 is 0 Å². The summed E-state index contributed by atoms with van der Waals surface area (Å²) in [5.41, 5.74) is 0. The van der Waals surface area contributed by atoms with Crippen LogP contribution in [0.2, 0.25) is 24.2 Å². The number of hydrogen-bond donors (Lipinski definition) is 0. The zero-order valence-corrected chi connectivity index (χ0v) is 18.2. The molecule has 0 amide bonds. The zero-order valence-electron chi connectivity index (χ0n) is 15.4. The van der Waals surface area contributed by atoms with Gasteiger partial charge in [-0.15, -0.1) is 0 Å². The van der Waals surface area contributed by atoms with Gasteiger partial charge in [-0.25, -0.2) is 8.78 Å². The summed E-state index contributed by atoms with van der Waals surface area (Å²) in [5.74, 6) is 0. The van der Waals surface area contributed by atoms with Crippen molar-refractivity contribution in [1.29, 1.82) is 0 Å². The molecule has 0 radical (unpaired) electrons. The molecule has 0 N–H and O–H groups in total. The Labute approximate surface area is 151 Å². The normalized spacial score (nSPS) is 15.0. The monoisotopic (exact) mass is 386 g/mol. The Kier molecular flexibility index (Phi) is 19.6. The van der Waals surface area contributed by atoms with E-state index in [0.29, 0.717) is 25.7 Å². The molecule has 0 heterocycles. The van der Waals surface area contributed by atoms with Gasteiger partial charge in [0.15, 0.2) is 0 Å². The second kappa shape index (κ2) is 19.5. The fourth-order valence-corrected chi connectivity index (χ4v) is 7.87. The molecule has 0 aliphatic carbocycles. The van der Waals surface area contributed by atoms with Gasteiger partial charge in [-0.05, 0) is 37.8 Å². The van der Waals surface area contributed by atoms with Crippen molar-refractivity contribution in [3.63, 3.8) is 0 Å². The number of rotatable bonds is 19. The highest BCUT2D eigenvalue weighted by Crippen LogP contribution is 2.14. The lowest BCUT2D eigenvalue weighted by atomic mass is 10.1. The molecule has 0 fully saturated rings. The Morgan fingerprint density at radius 1 is 0.542 bits per heavy atom. The standard InChI is InChI=1S/C18H38F4Si2/c19-11-7-3-1-5-9-17(21)15-23-13-14-24-16-18(22)10-6-2-4-8-12-20/h17-18H,1-16,23-24H2. The summed E-state index contributed by atoms with van der Waals surface area (Å²) in [5, 5.41) is 0. The molecule has 0 bridgehead atoms. The molecular weight excluding hydrogens is 348 g/mol. The number of unbranched alkanes of at least 4 members (excludes halogenated alkanes) is 6. The SMILES string of the molecule is FCCCCCCC(F)C[SiH2]CC[SiH2]CC(F)CCCCCCF. The smallest absolute Gasteiger partial charge is 0.0973 e. The quantitative estimate of drug-likeness (QED) is 0.156. The van der Waals surface area contributed by atoms with Crippen LogP contribution in [0.25, 0.3) is 0 Å². The van der Waals surface area contributed by atoms with Crippen molar-refractivity contribution in [2.45, 2.75) is 101 Å². The van der Waals surface area contributed by atoms with Gasteiger partial charge in [0.25, 0.3) is 0 Å². The summed E-state index contributed by atoms with van der Waals surface area (Å²) in [6.07, 6.45) is 6.65. The van der Waals surface area contributed by atoms with E-state index in [2.05, 4.69) is 0 Å². The van der Waals surface area contributed by atoms with Crippen LogP contribution < -0.4 is 0 Å². The minimum atomic E-state index is -0.651. The second-order valence-corrected chi connectivity index (χ2v) is 11.0. The van der Waals surface area contributed by atoms with Crippen molar-refractivity contribution in [3.8, 4) is 0 Å². The summed E-state index contributed by atoms with van der Waals surface area (Å²) in [7, 11) is -0.617. The molecule has 0 nitrogen and oxygen atoms in total. The molecule has 2 unspecified atom stereocenters. The molecule has 2 atom stereocenters. The Bertz CT molecular complexity index is 221. The highest BCUT2D eigenvalue weighted by Gasteiger charge is 2.08. The lowest BCUT2D eigenvalue weighted by Gasteiger charge is -2.09. The van der Waals surface area contributed by atoms with Gasteiger partial charge in [0.1, 0.15) is 0 Å². The molecule has 0 aromatic heterocycles. The Hall–Kier alpha value is 0.154. The average molecular weight is 387 g/mol. The van der Waals surface area contributed by atoms with Crippen LogP contribution in [0.15, 0.2) is 0 Å². The predicted molar refractivity (Wildman–Crippen MR) is 104 cm³/mol. The lowest BCUT2D eigenvalue weighted by molar-refractivity contribution is 0.326. The largest absolute Gasteiger partial charge is 0.251 e. The molecule has 0 spiro atoms. The van der Waals surface area contributed by atoms with E-state index >= 15 is 0 Å². The van der Waals surface area contributed by atoms with Crippen molar-refractivity contribution in [3.05, 3.63) is 0 Å². The van der Waals surface area contributed by atoms with E-state index in [0.717, 1.165) is 50.6 Å². The molecule has 24 heavy (non-hydrogen) atoms. The van der Waals surface area contributed by atoms with Gasteiger partial charge in [-0.1, -0.05) is 50.6 Å². The fourth-order valence-electron chi connectivity index (χ4n) is 3.00. The third-order valence-corrected chi connectivity index (χ3v) is 9.66. The van der Waals surface area contributed by atoms with Crippen LogP contribution in [0.5, 0.6) is 0 Å². The molecule has 0 rings (SSSR count). The fraction of sp³-hybridized carbons (Fsp3) is 1.00. The number of alkyl halides is 4. The van der Waals surface area contributed by atoms with Crippen molar-refractivity contribution >= 4 is 19.0 Å². The maximum atomic E-state index is 13.7. The minimum absolute atomic E-state index is 0.255. The Morgan fingerprint density at radius 2 is 0.917 bits per heavy atom. The van der Waals surface area contributed by atoms with Gasteiger partial charge in [-0.3, -0.25) is 8.78 Å². The topological polar surface area (TPSA) is 0 Å². The third kappa shape index (κ3) is 18.5. The van der Waals surface area contributed by atoms with Crippen LogP contribution in [0.4, 0.5) is 17.6 Å². The van der Waals surface area contributed by atoms with Gasteiger partial charge in [0, 0.05) is 19.0 Å². The molecule has 0 saturated heterocycles. The van der Waals surface area contributed by atoms with Crippen LogP contribution in [-0.2, 0) is 0 Å². The maximum Gasteiger partial charge on any atom is 0.0973 e. The van der Waals surface area contributed by atoms with Crippen LogP contribution in [0.3, 0.4) is 0 Å². The van der Waals surface area contributed by atoms with Crippen LogP contribution in [0, 0.1) is 0 Å². The first-order valence-corrected chi connectivity index (χ1v) is 14.1. The summed E-state index contributed by atoms with van der Waals surface area (Å²) < 4.78 is 51.1. The van der Waals surface area contributed by atoms with E-state index in [4.69, 9.17) is 0 Å². The van der Waals surface area contributed by atoms with Crippen LogP contribution in [-0.4, -0.2) is 44.7 Å². The molecule has 146 valence electrons. The van der Waals surface area contributed by atoms with Gasteiger partial charge < -0.3 is 0 Å². The van der Waals surface area contributed by atoms with E-state index in [1.807, 2.05) is 0 Å². The van der Waals surface area contributed by atoms with E-state index in [1.165, 1.54) is 12.1 Å². The molecule has 0 saturated carbocycles. The van der Waals surface area contributed by atoms with Gasteiger partial charge in [0.05, 0.1) is 25.7 Å². The molecule has 0 aromatic rings. The predicted octanol–water partition coefficient (Wildman–Crippen LogP) is 5.51. The van der Waals surface area contributed by atoms with Crippen molar-refractivity contribution in [2.75, 3.05) is 13.3 Å². The molecule has 0 aliphatic rings. The van der Waals surface area contributed by atoms with Crippen molar-refractivity contribution in [1.82, 2.24) is 0 Å². The average Bonchev–Trinajstić information content (AvgIpc) is 2.57. The van der Waals surface area contributed by atoms with E-state index in [9.17, 15) is 17.6 Å². The summed E-state index contributed by atoms with van der Waals surface area (Å²) in [6, 6.07) is 3.89. The summed E-state index contributed by atoms with van der Waals surface area (Å²) in [4.78, 5) is 0. The zero-order chi connectivity index (χ0) is 17.9. The molecule has 0 aliphatic heterocycles. The molecule has 0 aromatic carbocycles. The Morgan fingerprint density at radius 3 is 1.29 bits per heavy atom. The van der Waals surface area contributed by atoms with Crippen molar-refractivity contribution < 1.29 is 17.6 Å².